The van der Waals surface area contributed by atoms with Gasteiger partial charge in [0.05, 0.1) is 0 Å². The van der Waals surface area contributed by atoms with Crippen molar-refractivity contribution in [2.24, 2.45) is 5.92 Å². The summed E-state index contributed by atoms with van der Waals surface area (Å²) in [6.45, 7) is 4.29. The lowest BCUT2D eigenvalue weighted by Gasteiger charge is -2.31. The Balaban J connectivity index is 1.63. The lowest BCUT2D eigenvalue weighted by molar-refractivity contribution is 0.0609. The molecule has 1 aromatic heterocycles. The van der Waals surface area contributed by atoms with E-state index in [1.54, 1.807) is 7.11 Å². The molecule has 0 atom stereocenters. The number of amides is 1. The molecule has 2 aliphatic rings. The maximum absolute atomic E-state index is 12.5. The van der Waals surface area contributed by atoms with Crippen LogP contribution < -0.4 is 5.32 Å². The van der Waals surface area contributed by atoms with Gasteiger partial charge >= 0.3 is 0 Å². The van der Waals surface area contributed by atoms with E-state index in [1.807, 2.05) is 15.7 Å². The van der Waals surface area contributed by atoms with Gasteiger partial charge in [0.2, 0.25) is 5.95 Å². The number of carbonyl (C=O) groups is 1. The number of aryl methyl sites for hydroxylation is 1. The average Bonchev–Trinajstić information content (AvgIpc) is 2.91. The van der Waals surface area contributed by atoms with Gasteiger partial charge in [0.25, 0.3) is 5.91 Å². The molecule has 6 nitrogen and oxygen atoms in total. The van der Waals surface area contributed by atoms with Gasteiger partial charge < -0.3 is 19.5 Å². The number of likely N-dealkylation sites (tertiary alicyclic amines) is 1. The second-order valence-corrected chi connectivity index (χ2v) is 5.61. The quantitative estimate of drug-likeness (QED) is 0.902. The molecule has 3 heterocycles. The van der Waals surface area contributed by atoms with E-state index in [0.717, 1.165) is 58.0 Å². The summed E-state index contributed by atoms with van der Waals surface area (Å²) in [6.07, 6.45) is 5.00. The average molecular weight is 278 g/mol. The summed E-state index contributed by atoms with van der Waals surface area (Å²) in [6, 6.07) is 0. The Morgan fingerprint density at radius 1 is 1.45 bits per heavy atom. The number of aromatic nitrogens is 2. The largest absolute Gasteiger partial charge is 0.384 e. The first-order valence-electron chi connectivity index (χ1n) is 7.37. The Bertz CT molecular complexity index is 454. The Morgan fingerprint density at radius 2 is 2.25 bits per heavy atom. The van der Waals surface area contributed by atoms with Crippen LogP contribution in [0.3, 0.4) is 0 Å². The van der Waals surface area contributed by atoms with Crippen LogP contribution in [0.15, 0.2) is 6.20 Å². The summed E-state index contributed by atoms with van der Waals surface area (Å²) >= 11 is 0. The molecule has 1 saturated heterocycles. The summed E-state index contributed by atoms with van der Waals surface area (Å²) in [5.74, 6) is 1.47. The summed E-state index contributed by atoms with van der Waals surface area (Å²) < 4.78 is 7.23. The minimum absolute atomic E-state index is 0.0598. The number of hydrogen-bond donors (Lipinski definition) is 1. The maximum Gasteiger partial charge on any atom is 0.274 e. The van der Waals surface area contributed by atoms with Gasteiger partial charge in [-0.05, 0) is 25.2 Å². The van der Waals surface area contributed by atoms with Gasteiger partial charge in [0.1, 0.15) is 5.69 Å². The van der Waals surface area contributed by atoms with Crippen molar-refractivity contribution in [1.29, 1.82) is 0 Å². The normalized spacial score (nSPS) is 19.6. The molecular weight excluding hydrogens is 256 g/mol. The van der Waals surface area contributed by atoms with Crippen molar-refractivity contribution in [2.45, 2.75) is 25.8 Å². The highest BCUT2D eigenvalue weighted by Crippen LogP contribution is 2.20. The molecule has 0 bridgehead atoms. The van der Waals surface area contributed by atoms with E-state index in [0.29, 0.717) is 11.6 Å². The molecule has 110 valence electrons. The number of hydrogen-bond acceptors (Lipinski definition) is 4. The van der Waals surface area contributed by atoms with Crippen molar-refractivity contribution in [3.63, 3.8) is 0 Å². The molecule has 0 unspecified atom stereocenters. The van der Waals surface area contributed by atoms with Crippen LogP contribution >= 0.6 is 0 Å². The monoisotopic (exact) mass is 278 g/mol. The first-order valence-corrected chi connectivity index (χ1v) is 7.37. The van der Waals surface area contributed by atoms with Gasteiger partial charge in [-0.25, -0.2) is 4.98 Å². The topological polar surface area (TPSA) is 59.4 Å². The first-order chi connectivity index (χ1) is 9.78. The SMILES string of the molecule is COCC1CCN(C(=O)c2cn3c(n2)NCCC3)CC1. The van der Waals surface area contributed by atoms with Crippen LogP contribution in [0.5, 0.6) is 0 Å². The number of nitrogens with one attached hydrogen (secondary N) is 1. The van der Waals surface area contributed by atoms with Crippen molar-refractivity contribution in [3.8, 4) is 0 Å². The lowest BCUT2D eigenvalue weighted by Crippen LogP contribution is -2.39. The number of carbonyl (C=O) groups excluding carboxylic acids is 1. The Morgan fingerprint density at radius 3 is 2.95 bits per heavy atom. The molecule has 1 fully saturated rings. The lowest BCUT2D eigenvalue weighted by atomic mass is 9.97. The zero-order chi connectivity index (χ0) is 13.9. The van der Waals surface area contributed by atoms with E-state index in [1.165, 1.54) is 0 Å². The van der Waals surface area contributed by atoms with Gasteiger partial charge in [-0.3, -0.25) is 4.79 Å². The zero-order valence-electron chi connectivity index (χ0n) is 12.0. The van der Waals surface area contributed by atoms with Crippen molar-refractivity contribution in [1.82, 2.24) is 14.5 Å². The standard InChI is InChI=1S/C14H22N4O2/c1-20-10-11-3-7-17(8-4-11)13(19)12-9-18-6-2-5-15-14(18)16-12/h9,11H,2-8,10H2,1H3,(H,15,16). The molecule has 0 aliphatic carbocycles. The summed E-state index contributed by atoms with van der Waals surface area (Å²) in [5.41, 5.74) is 0.569. The van der Waals surface area contributed by atoms with Crippen LogP contribution in [-0.2, 0) is 11.3 Å². The maximum atomic E-state index is 12.5. The molecule has 2 aliphatic heterocycles. The van der Waals surface area contributed by atoms with E-state index in [2.05, 4.69) is 10.3 Å². The molecule has 0 spiro atoms. The number of methoxy groups -OCH3 is 1. The third-order valence-electron chi connectivity index (χ3n) is 4.16. The summed E-state index contributed by atoms with van der Waals surface area (Å²) in [5, 5.41) is 3.23. The molecule has 1 amide bonds. The first kappa shape index (κ1) is 13.4. The van der Waals surface area contributed by atoms with Crippen LogP contribution in [0.1, 0.15) is 29.8 Å². The van der Waals surface area contributed by atoms with Crippen LogP contribution in [-0.4, -0.2) is 53.7 Å². The van der Waals surface area contributed by atoms with E-state index >= 15 is 0 Å². The number of anilines is 1. The molecule has 20 heavy (non-hydrogen) atoms. The van der Waals surface area contributed by atoms with Crippen molar-refractivity contribution < 1.29 is 9.53 Å². The predicted molar refractivity (Wildman–Crippen MR) is 75.8 cm³/mol. The van der Waals surface area contributed by atoms with Crippen LogP contribution in [0.2, 0.25) is 0 Å². The molecule has 0 saturated carbocycles. The van der Waals surface area contributed by atoms with E-state index in [-0.39, 0.29) is 5.91 Å². The molecule has 1 N–H and O–H groups in total. The van der Waals surface area contributed by atoms with Gasteiger partial charge in [-0.1, -0.05) is 0 Å². The highest BCUT2D eigenvalue weighted by molar-refractivity contribution is 5.92. The molecule has 3 rings (SSSR count). The summed E-state index contributed by atoms with van der Waals surface area (Å²) in [4.78, 5) is 18.8. The van der Waals surface area contributed by atoms with Crippen LogP contribution in [0.4, 0.5) is 5.95 Å². The van der Waals surface area contributed by atoms with Gasteiger partial charge in [-0.2, -0.15) is 0 Å². The fourth-order valence-corrected chi connectivity index (χ4v) is 2.98. The smallest absolute Gasteiger partial charge is 0.274 e. The van der Waals surface area contributed by atoms with Gasteiger partial charge in [0.15, 0.2) is 0 Å². The number of imidazole rings is 1. The summed E-state index contributed by atoms with van der Waals surface area (Å²) in [7, 11) is 1.74. The van der Waals surface area contributed by atoms with Crippen molar-refractivity contribution >= 4 is 11.9 Å². The van der Waals surface area contributed by atoms with Crippen molar-refractivity contribution in [3.05, 3.63) is 11.9 Å². The number of fused-ring (bicyclic) bond motifs is 1. The highest BCUT2D eigenvalue weighted by atomic mass is 16.5. The third kappa shape index (κ3) is 2.65. The van der Waals surface area contributed by atoms with E-state index in [9.17, 15) is 4.79 Å². The zero-order valence-corrected chi connectivity index (χ0v) is 12.0. The minimum atomic E-state index is 0.0598. The fourth-order valence-electron chi connectivity index (χ4n) is 2.98. The number of ether oxygens (including phenoxy) is 1. The molecular formula is C14H22N4O2. The van der Waals surface area contributed by atoms with Gasteiger partial charge in [0, 0.05) is 46.1 Å². The highest BCUT2D eigenvalue weighted by Gasteiger charge is 2.26. The second-order valence-electron chi connectivity index (χ2n) is 5.61. The predicted octanol–water partition coefficient (Wildman–Crippen LogP) is 1.20. The fraction of sp³-hybridized carbons (Fsp3) is 0.714. The molecule has 1 aromatic rings. The van der Waals surface area contributed by atoms with E-state index < -0.39 is 0 Å². The third-order valence-corrected chi connectivity index (χ3v) is 4.16. The van der Waals surface area contributed by atoms with E-state index in [4.69, 9.17) is 4.74 Å². The minimum Gasteiger partial charge on any atom is -0.384 e. The van der Waals surface area contributed by atoms with Crippen LogP contribution in [0.25, 0.3) is 0 Å². The number of nitrogens with zero attached hydrogens (tertiary/aromatic N) is 3. The molecule has 6 heteroatoms. The van der Waals surface area contributed by atoms with Crippen molar-refractivity contribution in [2.75, 3.05) is 38.7 Å². The Hall–Kier alpha value is -1.56. The van der Waals surface area contributed by atoms with Gasteiger partial charge in [-0.15, -0.1) is 0 Å². The number of piperidine rings is 1. The molecule has 0 radical (unpaired) electrons. The Kier molecular flexibility index (Phi) is 3.91. The Labute approximate surface area is 119 Å². The second kappa shape index (κ2) is 5.83. The molecule has 0 aromatic carbocycles. The van der Waals surface area contributed by atoms with Crippen LogP contribution in [0, 0.1) is 5.92 Å². The number of rotatable bonds is 3.